The summed E-state index contributed by atoms with van der Waals surface area (Å²) in [5, 5.41) is 0. The van der Waals surface area contributed by atoms with Gasteiger partial charge in [-0.1, -0.05) is 0 Å². The zero-order valence-corrected chi connectivity index (χ0v) is 11.8. The molecule has 0 fully saturated rings. The fraction of sp³-hybridized carbons (Fsp3) is 0.133. The number of methoxy groups -OCH3 is 1. The first-order chi connectivity index (χ1) is 10.7. The van der Waals surface area contributed by atoms with Gasteiger partial charge in [-0.05, 0) is 36.4 Å². The third-order valence-corrected chi connectivity index (χ3v) is 2.92. The van der Waals surface area contributed by atoms with Crippen molar-refractivity contribution in [1.29, 1.82) is 0 Å². The molecule has 0 radical (unpaired) electrons. The van der Waals surface area contributed by atoms with Crippen LogP contribution in [0.25, 0.3) is 0 Å². The van der Waals surface area contributed by atoms with Crippen molar-refractivity contribution in [2.75, 3.05) is 12.8 Å². The minimum Gasteiger partial charge on any atom is -0.494 e. The third-order valence-electron chi connectivity index (χ3n) is 2.92. The van der Waals surface area contributed by atoms with E-state index in [0.717, 1.165) is 24.3 Å². The average Bonchev–Trinajstić information content (AvgIpc) is 2.47. The van der Waals surface area contributed by atoms with Crippen LogP contribution in [0.5, 0.6) is 11.5 Å². The predicted octanol–water partition coefficient (Wildman–Crippen LogP) is 3.55. The van der Waals surface area contributed by atoms with Crippen molar-refractivity contribution in [3.05, 3.63) is 53.3 Å². The number of nitrogens with two attached hydrogens (primary N) is 1. The van der Waals surface area contributed by atoms with E-state index < -0.39 is 23.7 Å². The lowest BCUT2D eigenvalue weighted by molar-refractivity contribution is -0.274. The molecule has 0 aliphatic carbocycles. The summed E-state index contributed by atoms with van der Waals surface area (Å²) in [4.78, 5) is 12.3. The normalized spacial score (nSPS) is 11.2. The Morgan fingerprint density at radius 1 is 1.13 bits per heavy atom. The number of hydrogen-bond donors (Lipinski definition) is 1. The van der Waals surface area contributed by atoms with Crippen molar-refractivity contribution >= 4 is 11.5 Å². The Bertz CT molecular complexity index is 744. The summed E-state index contributed by atoms with van der Waals surface area (Å²) in [6.07, 6.45) is -4.90. The van der Waals surface area contributed by atoms with Crippen LogP contribution in [0, 0.1) is 5.82 Å². The Balaban J connectivity index is 2.38. The minimum absolute atomic E-state index is 0.0549. The number of alkyl halides is 3. The van der Waals surface area contributed by atoms with Gasteiger partial charge in [-0.2, -0.15) is 0 Å². The first kappa shape index (κ1) is 16.6. The van der Waals surface area contributed by atoms with Crippen LogP contribution in [0.1, 0.15) is 15.9 Å². The van der Waals surface area contributed by atoms with Gasteiger partial charge in [0, 0.05) is 16.8 Å². The molecule has 0 aromatic heterocycles. The largest absolute Gasteiger partial charge is 0.573 e. The highest BCUT2D eigenvalue weighted by atomic mass is 19.4. The summed E-state index contributed by atoms with van der Waals surface area (Å²) < 4.78 is 58.8. The Kier molecular flexibility index (Phi) is 4.44. The van der Waals surface area contributed by atoms with Gasteiger partial charge in [-0.15, -0.1) is 13.2 Å². The second-order valence-electron chi connectivity index (χ2n) is 4.48. The minimum atomic E-state index is -4.90. The number of rotatable bonds is 4. The average molecular weight is 329 g/mol. The lowest BCUT2D eigenvalue weighted by Gasteiger charge is -2.12. The molecule has 0 unspecified atom stereocenters. The molecule has 0 amide bonds. The quantitative estimate of drug-likeness (QED) is 0.529. The van der Waals surface area contributed by atoms with E-state index in [1.54, 1.807) is 0 Å². The molecule has 2 N–H and O–H groups in total. The molecule has 0 aliphatic heterocycles. The Morgan fingerprint density at radius 3 is 2.39 bits per heavy atom. The number of halogens is 4. The molecule has 4 nitrogen and oxygen atoms in total. The van der Waals surface area contributed by atoms with Gasteiger partial charge in [0.2, 0.25) is 0 Å². The van der Waals surface area contributed by atoms with Gasteiger partial charge in [0.05, 0.1) is 7.11 Å². The van der Waals surface area contributed by atoms with Gasteiger partial charge in [-0.25, -0.2) is 4.39 Å². The SMILES string of the molecule is COc1ccc(C(=O)c2cc(OC(F)(F)F)ccc2N)cc1F. The molecule has 122 valence electrons. The zero-order valence-electron chi connectivity index (χ0n) is 11.8. The second kappa shape index (κ2) is 6.15. The van der Waals surface area contributed by atoms with E-state index in [1.165, 1.54) is 19.2 Å². The maximum atomic E-state index is 13.6. The summed E-state index contributed by atoms with van der Waals surface area (Å²) in [6.45, 7) is 0. The van der Waals surface area contributed by atoms with E-state index in [2.05, 4.69) is 4.74 Å². The van der Waals surface area contributed by atoms with E-state index in [0.29, 0.717) is 0 Å². The second-order valence-corrected chi connectivity index (χ2v) is 4.48. The smallest absolute Gasteiger partial charge is 0.494 e. The van der Waals surface area contributed by atoms with Crippen LogP contribution in [-0.4, -0.2) is 19.3 Å². The molecule has 0 bridgehead atoms. The maximum Gasteiger partial charge on any atom is 0.573 e. The number of anilines is 1. The first-order valence-corrected chi connectivity index (χ1v) is 6.25. The van der Waals surface area contributed by atoms with Crippen LogP contribution in [0.3, 0.4) is 0 Å². The lowest BCUT2D eigenvalue weighted by atomic mass is 10.0. The molecule has 8 heteroatoms. The van der Waals surface area contributed by atoms with Crippen molar-refractivity contribution in [2.24, 2.45) is 0 Å². The highest BCUT2D eigenvalue weighted by Gasteiger charge is 2.31. The van der Waals surface area contributed by atoms with Crippen molar-refractivity contribution in [3.63, 3.8) is 0 Å². The summed E-state index contributed by atoms with van der Waals surface area (Å²) in [6, 6.07) is 6.36. The third kappa shape index (κ3) is 3.91. The summed E-state index contributed by atoms with van der Waals surface area (Å²) in [5.41, 5.74) is 5.24. The summed E-state index contributed by atoms with van der Waals surface area (Å²) in [5.74, 6) is -2.18. The van der Waals surface area contributed by atoms with Crippen LogP contribution in [-0.2, 0) is 0 Å². The van der Waals surface area contributed by atoms with Crippen LogP contribution in [0.2, 0.25) is 0 Å². The molecule has 2 aromatic carbocycles. The highest BCUT2D eigenvalue weighted by molar-refractivity contribution is 6.12. The Morgan fingerprint density at radius 2 is 1.83 bits per heavy atom. The summed E-state index contributed by atoms with van der Waals surface area (Å²) >= 11 is 0. The Labute approximate surface area is 128 Å². The van der Waals surface area contributed by atoms with Gasteiger partial charge >= 0.3 is 6.36 Å². The molecule has 23 heavy (non-hydrogen) atoms. The molecule has 2 rings (SSSR count). The van der Waals surface area contributed by atoms with Gasteiger partial charge in [-0.3, -0.25) is 4.79 Å². The molecular weight excluding hydrogens is 318 g/mol. The standard InChI is InChI=1S/C15H11F4NO3/c1-22-13-5-2-8(6-11(13)16)14(21)10-7-9(3-4-12(10)20)23-15(17,18)19/h2-7H,20H2,1H3. The number of carbonyl (C=O) groups is 1. The van der Waals surface area contributed by atoms with E-state index >= 15 is 0 Å². The van der Waals surface area contributed by atoms with Crippen molar-refractivity contribution in [2.45, 2.75) is 6.36 Å². The van der Waals surface area contributed by atoms with E-state index in [1.807, 2.05) is 0 Å². The molecular formula is C15H11F4NO3. The number of ketones is 1. The number of hydrogen-bond acceptors (Lipinski definition) is 4. The predicted molar refractivity (Wildman–Crippen MR) is 73.9 cm³/mol. The summed E-state index contributed by atoms with van der Waals surface area (Å²) in [7, 11) is 1.26. The highest BCUT2D eigenvalue weighted by Crippen LogP contribution is 2.28. The van der Waals surface area contributed by atoms with Gasteiger partial charge in [0.1, 0.15) is 5.75 Å². The van der Waals surface area contributed by atoms with Crippen molar-refractivity contribution < 1.29 is 31.8 Å². The monoisotopic (exact) mass is 329 g/mol. The lowest BCUT2D eigenvalue weighted by Crippen LogP contribution is -2.17. The Hall–Kier alpha value is -2.77. The van der Waals surface area contributed by atoms with E-state index in [4.69, 9.17) is 10.5 Å². The topological polar surface area (TPSA) is 61.5 Å². The van der Waals surface area contributed by atoms with Crippen LogP contribution in [0.4, 0.5) is 23.2 Å². The van der Waals surface area contributed by atoms with E-state index in [9.17, 15) is 22.4 Å². The molecule has 0 heterocycles. The number of nitrogen functional groups attached to an aromatic ring is 1. The molecule has 2 aromatic rings. The van der Waals surface area contributed by atoms with Crippen LogP contribution < -0.4 is 15.2 Å². The fourth-order valence-corrected chi connectivity index (χ4v) is 1.89. The van der Waals surface area contributed by atoms with Crippen molar-refractivity contribution in [1.82, 2.24) is 0 Å². The molecule has 0 aliphatic rings. The molecule has 0 spiro atoms. The number of benzene rings is 2. The fourth-order valence-electron chi connectivity index (χ4n) is 1.89. The van der Waals surface area contributed by atoms with Gasteiger partial charge in [0.25, 0.3) is 0 Å². The van der Waals surface area contributed by atoms with Crippen LogP contribution in [0.15, 0.2) is 36.4 Å². The van der Waals surface area contributed by atoms with Gasteiger partial charge in [0.15, 0.2) is 17.3 Å². The molecule has 0 saturated heterocycles. The molecule has 0 atom stereocenters. The number of ether oxygens (including phenoxy) is 2. The zero-order chi connectivity index (χ0) is 17.2. The first-order valence-electron chi connectivity index (χ1n) is 6.25. The van der Waals surface area contributed by atoms with E-state index in [-0.39, 0.29) is 22.6 Å². The van der Waals surface area contributed by atoms with Gasteiger partial charge < -0.3 is 15.2 Å². The number of carbonyl (C=O) groups excluding carboxylic acids is 1. The van der Waals surface area contributed by atoms with Crippen molar-refractivity contribution in [3.8, 4) is 11.5 Å². The maximum absolute atomic E-state index is 13.6. The van der Waals surface area contributed by atoms with Crippen LogP contribution >= 0.6 is 0 Å². The molecule has 0 saturated carbocycles.